The van der Waals surface area contributed by atoms with Gasteiger partial charge < -0.3 is 10.5 Å². The van der Waals surface area contributed by atoms with E-state index in [9.17, 15) is 5.26 Å². The van der Waals surface area contributed by atoms with Crippen molar-refractivity contribution >= 4 is 5.69 Å². The van der Waals surface area contributed by atoms with Crippen LogP contribution < -0.4 is 10.5 Å². The standard InChI is InChI=1S/C16H19N3O/c1-4-12(3)19-13(10-17)9-15(18)16(19)20-14-7-5-11(2)6-8-14/h5-9,12H,4,18H2,1-3H3/t12-/m0/s1. The second kappa shape index (κ2) is 5.70. The van der Waals surface area contributed by atoms with E-state index < -0.39 is 0 Å². The fraction of sp³-hybridized carbons (Fsp3) is 0.312. The van der Waals surface area contributed by atoms with Crippen LogP contribution in [0.5, 0.6) is 11.6 Å². The van der Waals surface area contributed by atoms with E-state index in [2.05, 4.69) is 13.0 Å². The summed E-state index contributed by atoms with van der Waals surface area (Å²) in [5.74, 6) is 1.26. The molecule has 1 aromatic carbocycles. The molecule has 2 rings (SSSR count). The molecule has 0 bridgehead atoms. The molecule has 1 atom stereocenters. The number of hydrogen-bond donors (Lipinski definition) is 1. The van der Waals surface area contributed by atoms with Gasteiger partial charge in [-0.3, -0.25) is 4.57 Å². The van der Waals surface area contributed by atoms with E-state index in [0.29, 0.717) is 17.3 Å². The number of rotatable bonds is 4. The number of anilines is 1. The molecular weight excluding hydrogens is 250 g/mol. The van der Waals surface area contributed by atoms with Crippen LogP contribution in [-0.4, -0.2) is 4.57 Å². The Morgan fingerprint density at radius 3 is 2.55 bits per heavy atom. The van der Waals surface area contributed by atoms with Gasteiger partial charge in [-0.1, -0.05) is 24.6 Å². The van der Waals surface area contributed by atoms with Crippen LogP contribution in [0.1, 0.15) is 37.6 Å². The molecule has 0 aliphatic rings. The van der Waals surface area contributed by atoms with Gasteiger partial charge in [0.15, 0.2) is 0 Å². The molecule has 4 nitrogen and oxygen atoms in total. The molecule has 2 N–H and O–H groups in total. The fourth-order valence-corrected chi connectivity index (χ4v) is 2.06. The van der Waals surface area contributed by atoms with Crippen LogP contribution in [0.3, 0.4) is 0 Å². The maximum Gasteiger partial charge on any atom is 0.224 e. The van der Waals surface area contributed by atoms with Gasteiger partial charge in [0.1, 0.15) is 17.5 Å². The molecule has 0 fully saturated rings. The Morgan fingerprint density at radius 1 is 1.35 bits per heavy atom. The second-order valence-corrected chi connectivity index (χ2v) is 4.94. The maximum atomic E-state index is 9.22. The minimum atomic E-state index is 0.155. The maximum absolute atomic E-state index is 9.22. The molecule has 0 aliphatic heterocycles. The molecule has 0 saturated carbocycles. The lowest BCUT2D eigenvalue weighted by Gasteiger charge is -2.17. The van der Waals surface area contributed by atoms with Crippen molar-refractivity contribution in [3.05, 3.63) is 41.6 Å². The highest BCUT2D eigenvalue weighted by Crippen LogP contribution is 2.34. The lowest BCUT2D eigenvalue weighted by atomic mass is 10.2. The summed E-state index contributed by atoms with van der Waals surface area (Å²) in [5, 5.41) is 9.22. The van der Waals surface area contributed by atoms with Gasteiger partial charge in [-0.2, -0.15) is 5.26 Å². The summed E-state index contributed by atoms with van der Waals surface area (Å²) in [6.07, 6.45) is 0.896. The van der Waals surface area contributed by atoms with E-state index in [-0.39, 0.29) is 6.04 Å². The topological polar surface area (TPSA) is 64.0 Å². The van der Waals surface area contributed by atoms with E-state index in [1.54, 1.807) is 6.07 Å². The molecule has 104 valence electrons. The Balaban J connectivity index is 2.43. The van der Waals surface area contributed by atoms with E-state index in [4.69, 9.17) is 10.5 Å². The van der Waals surface area contributed by atoms with Gasteiger partial charge in [-0.25, -0.2) is 0 Å². The average molecular weight is 269 g/mol. The van der Waals surface area contributed by atoms with Crippen molar-refractivity contribution in [3.63, 3.8) is 0 Å². The van der Waals surface area contributed by atoms with Crippen LogP contribution in [0, 0.1) is 18.3 Å². The third-order valence-electron chi connectivity index (χ3n) is 3.40. The normalized spacial score (nSPS) is 11.9. The molecule has 20 heavy (non-hydrogen) atoms. The predicted molar refractivity (Wildman–Crippen MR) is 79.8 cm³/mol. The molecule has 2 aromatic rings. The number of ether oxygens (including phenoxy) is 1. The zero-order valence-corrected chi connectivity index (χ0v) is 12.1. The average Bonchev–Trinajstić information content (AvgIpc) is 2.77. The molecule has 4 heteroatoms. The molecule has 0 unspecified atom stereocenters. The van der Waals surface area contributed by atoms with E-state index in [0.717, 1.165) is 12.2 Å². The number of nitrogen functional groups attached to an aromatic ring is 1. The third-order valence-corrected chi connectivity index (χ3v) is 3.40. The SMILES string of the molecule is CC[C@H](C)n1c(C#N)cc(N)c1Oc1ccc(C)cc1. The Kier molecular flexibility index (Phi) is 3.99. The number of nitrogens with two attached hydrogens (primary N) is 1. The van der Waals surface area contributed by atoms with E-state index in [1.807, 2.05) is 42.7 Å². The van der Waals surface area contributed by atoms with Crippen LogP contribution in [-0.2, 0) is 0 Å². The van der Waals surface area contributed by atoms with Crippen molar-refractivity contribution < 1.29 is 4.74 Å². The number of aromatic nitrogens is 1. The first-order chi connectivity index (χ1) is 9.56. The van der Waals surface area contributed by atoms with Crippen LogP contribution in [0.25, 0.3) is 0 Å². The number of hydrogen-bond acceptors (Lipinski definition) is 3. The first-order valence-corrected chi connectivity index (χ1v) is 6.72. The van der Waals surface area contributed by atoms with Gasteiger partial charge in [0.05, 0.1) is 5.69 Å². The molecular formula is C16H19N3O. The first-order valence-electron chi connectivity index (χ1n) is 6.72. The van der Waals surface area contributed by atoms with Crippen molar-refractivity contribution in [3.8, 4) is 17.7 Å². The van der Waals surface area contributed by atoms with Gasteiger partial charge in [0.25, 0.3) is 0 Å². The van der Waals surface area contributed by atoms with E-state index in [1.165, 1.54) is 5.56 Å². The van der Waals surface area contributed by atoms with Crippen LogP contribution in [0.2, 0.25) is 0 Å². The van der Waals surface area contributed by atoms with Crippen LogP contribution >= 0.6 is 0 Å². The summed E-state index contributed by atoms with van der Waals surface area (Å²) < 4.78 is 7.74. The summed E-state index contributed by atoms with van der Waals surface area (Å²) >= 11 is 0. The lowest BCUT2D eigenvalue weighted by Crippen LogP contribution is -2.08. The minimum absolute atomic E-state index is 0.155. The zero-order valence-electron chi connectivity index (χ0n) is 12.1. The van der Waals surface area contributed by atoms with Crippen molar-refractivity contribution in [2.24, 2.45) is 0 Å². The monoisotopic (exact) mass is 269 g/mol. The van der Waals surface area contributed by atoms with Gasteiger partial charge in [-0.05, 0) is 32.4 Å². The fourth-order valence-electron chi connectivity index (χ4n) is 2.06. The zero-order chi connectivity index (χ0) is 14.7. The smallest absolute Gasteiger partial charge is 0.224 e. The summed E-state index contributed by atoms with van der Waals surface area (Å²) in [6, 6.07) is 11.7. The number of nitriles is 1. The Morgan fingerprint density at radius 2 is 2.00 bits per heavy atom. The predicted octanol–water partition coefficient (Wildman–Crippen LogP) is 4.01. The highest BCUT2D eigenvalue weighted by Gasteiger charge is 2.18. The molecule has 1 aromatic heterocycles. The largest absolute Gasteiger partial charge is 0.439 e. The van der Waals surface area contributed by atoms with Crippen molar-refractivity contribution in [2.45, 2.75) is 33.2 Å². The molecule has 0 saturated heterocycles. The number of aryl methyl sites for hydroxylation is 1. The quantitative estimate of drug-likeness (QED) is 0.911. The molecule has 1 heterocycles. The first kappa shape index (κ1) is 14.0. The third kappa shape index (κ3) is 2.62. The molecule has 0 amide bonds. The van der Waals surface area contributed by atoms with Gasteiger partial charge in [0.2, 0.25) is 5.88 Å². The van der Waals surface area contributed by atoms with Gasteiger partial charge >= 0.3 is 0 Å². The van der Waals surface area contributed by atoms with Crippen LogP contribution in [0.15, 0.2) is 30.3 Å². The highest BCUT2D eigenvalue weighted by atomic mass is 16.5. The summed E-state index contributed by atoms with van der Waals surface area (Å²) in [4.78, 5) is 0. The Bertz CT molecular complexity index is 635. The van der Waals surface area contributed by atoms with Crippen molar-refractivity contribution in [2.75, 3.05) is 5.73 Å². The van der Waals surface area contributed by atoms with Gasteiger partial charge in [0, 0.05) is 12.1 Å². The van der Waals surface area contributed by atoms with Crippen molar-refractivity contribution in [1.82, 2.24) is 4.57 Å². The Labute approximate surface area is 119 Å². The molecule has 0 spiro atoms. The molecule has 0 radical (unpaired) electrons. The summed E-state index contributed by atoms with van der Waals surface area (Å²) in [7, 11) is 0. The highest BCUT2D eigenvalue weighted by molar-refractivity contribution is 5.56. The summed E-state index contributed by atoms with van der Waals surface area (Å²) in [6.45, 7) is 6.13. The second-order valence-electron chi connectivity index (χ2n) is 4.94. The van der Waals surface area contributed by atoms with Crippen LogP contribution in [0.4, 0.5) is 5.69 Å². The van der Waals surface area contributed by atoms with Gasteiger partial charge in [-0.15, -0.1) is 0 Å². The molecule has 0 aliphatic carbocycles. The summed E-state index contributed by atoms with van der Waals surface area (Å²) in [5.41, 5.74) is 8.17. The minimum Gasteiger partial charge on any atom is -0.439 e. The number of benzene rings is 1. The van der Waals surface area contributed by atoms with Crippen molar-refractivity contribution in [1.29, 1.82) is 5.26 Å². The Hall–Kier alpha value is -2.41. The lowest BCUT2D eigenvalue weighted by molar-refractivity contribution is 0.397. The number of nitrogens with zero attached hydrogens (tertiary/aromatic N) is 2. The van der Waals surface area contributed by atoms with E-state index >= 15 is 0 Å².